The van der Waals surface area contributed by atoms with Gasteiger partial charge in [-0.1, -0.05) is 19.1 Å². The van der Waals surface area contributed by atoms with Crippen molar-refractivity contribution in [2.45, 2.75) is 39.8 Å². The molecule has 5 heteroatoms. The van der Waals surface area contributed by atoms with Gasteiger partial charge in [-0.3, -0.25) is 0 Å². The Bertz CT molecular complexity index is 335. The van der Waals surface area contributed by atoms with Crippen LogP contribution in [-0.4, -0.2) is 35.8 Å². The molecule has 1 aromatic rings. The third-order valence-corrected chi connectivity index (χ3v) is 3.11. The molecular weight excluding hydrogens is 216 g/mol. The molecule has 0 radical (unpaired) electrons. The van der Waals surface area contributed by atoms with Crippen molar-refractivity contribution >= 4 is 0 Å². The predicted molar refractivity (Wildman–Crippen MR) is 67.9 cm³/mol. The molecule has 1 heterocycles. The summed E-state index contributed by atoms with van der Waals surface area (Å²) in [5.41, 5.74) is 2.21. The minimum absolute atomic E-state index is 0.361. The quantitative estimate of drug-likeness (QED) is 0.783. The second-order valence-corrected chi connectivity index (χ2v) is 4.69. The van der Waals surface area contributed by atoms with Gasteiger partial charge in [0.2, 0.25) is 0 Å². The molecule has 0 aromatic carbocycles. The average molecular weight is 240 g/mol. The maximum absolute atomic E-state index is 5.15. The fourth-order valence-corrected chi connectivity index (χ4v) is 1.72. The molecule has 0 amide bonds. The molecule has 0 fully saturated rings. The van der Waals surface area contributed by atoms with Crippen molar-refractivity contribution < 1.29 is 4.74 Å². The van der Waals surface area contributed by atoms with E-state index in [0.717, 1.165) is 18.7 Å². The number of methoxy groups -OCH3 is 1. The van der Waals surface area contributed by atoms with E-state index in [2.05, 4.69) is 36.4 Å². The first-order chi connectivity index (χ1) is 8.11. The molecule has 0 bridgehead atoms. The van der Waals surface area contributed by atoms with Crippen LogP contribution in [0.2, 0.25) is 0 Å². The van der Waals surface area contributed by atoms with E-state index in [4.69, 9.17) is 4.74 Å². The number of aromatic nitrogens is 3. The third kappa shape index (κ3) is 3.51. The monoisotopic (exact) mass is 240 g/mol. The predicted octanol–water partition coefficient (Wildman–Crippen LogP) is 1.40. The van der Waals surface area contributed by atoms with Gasteiger partial charge >= 0.3 is 0 Å². The highest BCUT2D eigenvalue weighted by Crippen LogP contribution is 2.19. The van der Waals surface area contributed by atoms with Gasteiger partial charge in [-0.25, -0.2) is 4.68 Å². The Hall–Kier alpha value is -0.940. The van der Waals surface area contributed by atoms with Crippen LogP contribution in [0.25, 0.3) is 0 Å². The normalized spacial score (nSPS) is 13.3. The van der Waals surface area contributed by atoms with E-state index in [-0.39, 0.29) is 0 Å². The molecule has 1 N–H and O–H groups in total. The van der Waals surface area contributed by atoms with E-state index in [1.165, 1.54) is 5.69 Å². The van der Waals surface area contributed by atoms with Crippen LogP contribution in [0.5, 0.6) is 0 Å². The Labute approximate surface area is 104 Å². The van der Waals surface area contributed by atoms with Crippen molar-refractivity contribution in [1.29, 1.82) is 0 Å². The van der Waals surface area contributed by atoms with Gasteiger partial charge in [0, 0.05) is 20.1 Å². The van der Waals surface area contributed by atoms with Crippen LogP contribution < -0.4 is 5.32 Å². The van der Waals surface area contributed by atoms with Gasteiger partial charge in [0.1, 0.15) is 0 Å². The molecule has 1 rings (SSSR count). The van der Waals surface area contributed by atoms with Gasteiger partial charge in [0.15, 0.2) is 0 Å². The molecule has 0 aliphatic heterocycles. The lowest BCUT2D eigenvalue weighted by molar-refractivity contribution is 0.198. The highest BCUT2D eigenvalue weighted by molar-refractivity contribution is 5.11. The number of rotatable bonds is 7. The van der Waals surface area contributed by atoms with Crippen molar-refractivity contribution in [2.24, 2.45) is 5.92 Å². The van der Waals surface area contributed by atoms with Crippen LogP contribution in [0.3, 0.4) is 0 Å². The molecule has 0 aliphatic rings. The zero-order chi connectivity index (χ0) is 12.8. The topological polar surface area (TPSA) is 52.0 Å². The summed E-state index contributed by atoms with van der Waals surface area (Å²) in [6, 6.07) is 0.361. The summed E-state index contributed by atoms with van der Waals surface area (Å²) in [6.45, 7) is 8.03. The van der Waals surface area contributed by atoms with E-state index in [1.807, 2.05) is 11.7 Å². The largest absolute Gasteiger partial charge is 0.384 e. The molecule has 1 unspecified atom stereocenters. The van der Waals surface area contributed by atoms with Gasteiger partial charge in [-0.05, 0) is 19.9 Å². The summed E-state index contributed by atoms with van der Waals surface area (Å²) in [4.78, 5) is 0. The summed E-state index contributed by atoms with van der Waals surface area (Å²) in [6.07, 6.45) is 0.859. The first kappa shape index (κ1) is 14.1. The third-order valence-electron chi connectivity index (χ3n) is 3.11. The molecule has 0 aliphatic carbocycles. The Kier molecular flexibility index (Phi) is 5.58. The molecule has 0 saturated carbocycles. The van der Waals surface area contributed by atoms with Gasteiger partial charge < -0.3 is 10.1 Å². The van der Waals surface area contributed by atoms with E-state index >= 15 is 0 Å². The van der Waals surface area contributed by atoms with E-state index < -0.39 is 0 Å². The average Bonchev–Trinajstić information content (AvgIpc) is 2.69. The van der Waals surface area contributed by atoms with E-state index in [1.54, 1.807) is 7.11 Å². The molecule has 0 spiro atoms. The number of nitrogens with zero attached hydrogens (tertiary/aromatic N) is 3. The number of hydrogen-bond acceptors (Lipinski definition) is 4. The number of hydrogen-bond donors (Lipinski definition) is 1. The van der Waals surface area contributed by atoms with E-state index in [0.29, 0.717) is 18.6 Å². The minimum Gasteiger partial charge on any atom is -0.384 e. The van der Waals surface area contributed by atoms with E-state index in [9.17, 15) is 0 Å². The van der Waals surface area contributed by atoms with Crippen LogP contribution >= 0.6 is 0 Å². The minimum atomic E-state index is 0.361. The second-order valence-electron chi connectivity index (χ2n) is 4.69. The molecular formula is C12H24N4O. The Morgan fingerprint density at radius 3 is 2.59 bits per heavy atom. The zero-order valence-corrected chi connectivity index (χ0v) is 11.5. The van der Waals surface area contributed by atoms with Gasteiger partial charge in [-0.15, -0.1) is 5.10 Å². The summed E-state index contributed by atoms with van der Waals surface area (Å²) in [7, 11) is 3.64. The van der Waals surface area contributed by atoms with Crippen molar-refractivity contribution in [1.82, 2.24) is 20.3 Å². The molecule has 0 saturated heterocycles. The Balaban J connectivity index is 2.94. The van der Waals surface area contributed by atoms with Crippen LogP contribution in [0.1, 0.15) is 38.2 Å². The van der Waals surface area contributed by atoms with Crippen molar-refractivity contribution in [2.75, 3.05) is 20.8 Å². The fraction of sp³-hybridized carbons (Fsp3) is 0.833. The fourth-order valence-electron chi connectivity index (χ4n) is 1.72. The number of ether oxygens (including phenoxy) is 1. The lowest BCUT2D eigenvalue weighted by atomic mass is 10.1. The molecule has 1 aromatic heterocycles. The summed E-state index contributed by atoms with van der Waals surface area (Å²) >= 11 is 0. The van der Waals surface area contributed by atoms with Crippen LogP contribution in [0.4, 0.5) is 0 Å². The van der Waals surface area contributed by atoms with Crippen LogP contribution in [0.15, 0.2) is 0 Å². The molecule has 1 atom stereocenters. The van der Waals surface area contributed by atoms with Gasteiger partial charge in [0.25, 0.3) is 0 Å². The molecule has 98 valence electrons. The highest BCUT2D eigenvalue weighted by atomic mass is 16.5. The van der Waals surface area contributed by atoms with Crippen LogP contribution in [0, 0.1) is 5.92 Å². The first-order valence-corrected chi connectivity index (χ1v) is 6.18. The summed E-state index contributed by atoms with van der Waals surface area (Å²) in [5, 5.41) is 11.7. The maximum atomic E-state index is 5.15. The smallest absolute Gasteiger partial charge is 0.0997 e. The summed E-state index contributed by atoms with van der Waals surface area (Å²) in [5.74, 6) is 0.542. The molecule has 17 heavy (non-hydrogen) atoms. The molecule has 5 nitrogen and oxygen atoms in total. The van der Waals surface area contributed by atoms with Gasteiger partial charge in [-0.2, -0.15) is 0 Å². The van der Waals surface area contributed by atoms with Crippen molar-refractivity contribution in [3.05, 3.63) is 11.4 Å². The highest BCUT2D eigenvalue weighted by Gasteiger charge is 2.18. The lowest BCUT2D eigenvalue weighted by Crippen LogP contribution is -2.18. The Morgan fingerprint density at radius 1 is 1.35 bits per heavy atom. The SMILES string of the molecule is CNCc1nnn(C(C)C(C)C)c1CCOC. The second kappa shape index (κ2) is 6.71. The first-order valence-electron chi connectivity index (χ1n) is 6.18. The van der Waals surface area contributed by atoms with Crippen molar-refractivity contribution in [3.8, 4) is 0 Å². The lowest BCUT2D eigenvalue weighted by Gasteiger charge is -2.18. The van der Waals surface area contributed by atoms with Crippen LogP contribution in [-0.2, 0) is 17.7 Å². The van der Waals surface area contributed by atoms with Gasteiger partial charge in [0.05, 0.1) is 24.0 Å². The zero-order valence-electron chi connectivity index (χ0n) is 11.5. The standard InChI is InChI=1S/C12H24N4O/c1-9(2)10(3)16-12(6-7-17-5)11(8-13-4)14-15-16/h9-10,13H,6-8H2,1-5H3. The maximum Gasteiger partial charge on any atom is 0.0997 e. The number of nitrogens with one attached hydrogen (secondary N) is 1. The Morgan fingerprint density at radius 2 is 2.06 bits per heavy atom. The van der Waals surface area contributed by atoms with Crippen molar-refractivity contribution in [3.63, 3.8) is 0 Å². The summed E-state index contributed by atoms with van der Waals surface area (Å²) < 4.78 is 7.19.